The molecule has 1 amide bonds. The summed E-state index contributed by atoms with van der Waals surface area (Å²) < 4.78 is 41.8. The van der Waals surface area contributed by atoms with Crippen LogP contribution in [0.5, 0.6) is 0 Å². The molecule has 1 aromatic heterocycles. The van der Waals surface area contributed by atoms with Crippen molar-refractivity contribution in [2.24, 2.45) is 5.92 Å². The molecule has 0 bridgehead atoms. The van der Waals surface area contributed by atoms with Crippen LogP contribution in [0.15, 0.2) is 47.9 Å². The number of hydrogen-bond donors (Lipinski definition) is 1. The molecule has 1 fully saturated rings. The largest absolute Gasteiger partial charge is 0.352 e. The van der Waals surface area contributed by atoms with E-state index in [1.54, 1.807) is 12.5 Å². The van der Waals surface area contributed by atoms with Crippen LogP contribution in [0.25, 0.3) is 0 Å². The van der Waals surface area contributed by atoms with Crippen LogP contribution in [-0.2, 0) is 21.4 Å². The van der Waals surface area contributed by atoms with Crippen molar-refractivity contribution in [1.82, 2.24) is 19.2 Å². The number of rotatable bonds is 6. The molecule has 0 spiro atoms. The van der Waals surface area contributed by atoms with Gasteiger partial charge in [0.1, 0.15) is 5.82 Å². The monoisotopic (exact) mass is 394 g/mol. The van der Waals surface area contributed by atoms with Gasteiger partial charge in [-0.25, -0.2) is 17.8 Å². The van der Waals surface area contributed by atoms with Crippen molar-refractivity contribution >= 4 is 15.9 Å². The molecule has 3 rings (SSSR count). The van der Waals surface area contributed by atoms with Crippen LogP contribution in [-0.4, -0.2) is 47.3 Å². The Morgan fingerprint density at radius 1 is 1.37 bits per heavy atom. The molecule has 1 aliphatic rings. The van der Waals surface area contributed by atoms with Gasteiger partial charge in [-0.05, 0) is 44.0 Å². The van der Waals surface area contributed by atoms with E-state index in [0.29, 0.717) is 25.9 Å². The van der Waals surface area contributed by atoms with Crippen LogP contribution in [0.4, 0.5) is 4.39 Å². The van der Waals surface area contributed by atoms with Gasteiger partial charge in [-0.15, -0.1) is 0 Å². The molecule has 2 aromatic rings. The third kappa shape index (κ3) is 4.72. The molecule has 1 aromatic carbocycles. The molecule has 27 heavy (non-hydrogen) atoms. The first kappa shape index (κ1) is 19.5. The molecule has 0 aliphatic carbocycles. The Kier molecular flexibility index (Phi) is 5.91. The summed E-state index contributed by atoms with van der Waals surface area (Å²) in [6, 6.07) is 4.65. The number of halogens is 1. The summed E-state index contributed by atoms with van der Waals surface area (Å²) in [4.78, 5) is 16.6. The Bertz CT molecular complexity index is 869. The van der Waals surface area contributed by atoms with Crippen LogP contribution in [0, 0.1) is 11.7 Å². The topological polar surface area (TPSA) is 84.3 Å². The molecule has 0 saturated carbocycles. The average Bonchev–Trinajstić information content (AvgIpc) is 3.15. The number of hydrogen-bond acceptors (Lipinski definition) is 4. The van der Waals surface area contributed by atoms with Gasteiger partial charge in [0.05, 0.1) is 17.1 Å². The maximum absolute atomic E-state index is 13.1. The second-order valence-electron chi connectivity index (χ2n) is 6.83. The van der Waals surface area contributed by atoms with Crippen molar-refractivity contribution in [1.29, 1.82) is 0 Å². The lowest BCUT2D eigenvalue weighted by atomic mass is 9.98. The Morgan fingerprint density at radius 3 is 2.78 bits per heavy atom. The second-order valence-corrected chi connectivity index (χ2v) is 8.76. The van der Waals surface area contributed by atoms with E-state index >= 15 is 0 Å². The minimum Gasteiger partial charge on any atom is -0.352 e. The van der Waals surface area contributed by atoms with Crippen LogP contribution >= 0.6 is 0 Å². The van der Waals surface area contributed by atoms with E-state index in [1.807, 2.05) is 17.7 Å². The maximum atomic E-state index is 13.1. The number of nitrogens with zero attached hydrogens (tertiary/aromatic N) is 3. The molecule has 1 aliphatic heterocycles. The first-order valence-electron chi connectivity index (χ1n) is 8.88. The number of benzene rings is 1. The third-order valence-electron chi connectivity index (χ3n) is 4.64. The van der Waals surface area contributed by atoms with Gasteiger partial charge in [-0.2, -0.15) is 4.31 Å². The summed E-state index contributed by atoms with van der Waals surface area (Å²) in [6.45, 7) is 2.97. The lowest BCUT2D eigenvalue weighted by Gasteiger charge is -2.31. The van der Waals surface area contributed by atoms with Crippen LogP contribution < -0.4 is 5.32 Å². The first-order chi connectivity index (χ1) is 12.9. The zero-order valence-corrected chi connectivity index (χ0v) is 15.9. The zero-order chi connectivity index (χ0) is 19.4. The summed E-state index contributed by atoms with van der Waals surface area (Å²) >= 11 is 0. The van der Waals surface area contributed by atoms with Gasteiger partial charge in [0.25, 0.3) is 0 Å². The van der Waals surface area contributed by atoms with E-state index < -0.39 is 21.8 Å². The summed E-state index contributed by atoms with van der Waals surface area (Å²) in [7, 11) is -3.74. The Balaban J connectivity index is 1.62. The van der Waals surface area contributed by atoms with Crippen LogP contribution in [0.2, 0.25) is 0 Å². The molecular formula is C18H23FN4O3S. The fraction of sp³-hybridized carbons (Fsp3) is 0.444. The van der Waals surface area contributed by atoms with Gasteiger partial charge in [0.15, 0.2) is 0 Å². The van der Waals surface area contributed by atoms with Crippen molar-refractivity contribution in [3.8, 4) is 0 Å². The van der Waals surface area contributed by atoms with Crippen molar-refractivity contribution < 1.29 is 17.6 Å². The Morgan fingerprint density at radius 2 is 2.11 bits per heavy atom. The highest BCUT2D eigenvalue weighted by Gasteiger charge is 2.33. The molecule has 0 radical (unpaired) electrons. The molecule has 146 valence electrons. The minimum atomic E-state index is -3.74. The smallest absolute Gasteiger partial charge is 0.243 e. The van der Waals surface area contributed by atoms with Gasteiger partial charge in [-0.3, -0.25) is 4.79 Å². The molecule has 9 heteroatoms. The average molecular weight is 394 g/mol. The number of carbonyl (C=O) groups is 1. The predicted octanol–water partition coefficient (Wildman–Crippen LogP) is 1.63. The van der Waals surface area contributed by atoms with Gasteiger partial charge in [-0.1, -0.05) is 0 Å². The van der Waals surface area contributed by atoms with Gasteiger partial charge in [0.2, 0.25) is 15.9 Å². The normalized spacial score (nSPS) is 19.6. The molecule has 2 atom stereocenters. The highest BCUT2D eigenvalue weighted by Crippen LogP contribution is 2.24. The van der Waals surface area contributed by atoms with E-state index in [2.05, 4.69) is 10.3 Å². The fourth-order valence-electron chi connectivity index (χ4n) is 3.25. The molecule has 1 saturated heterocycles. The summed E-state index contributed by atoms with van der Waals surface area (Å²) in [5, 5.41) is 2.95. The maximum Gasteiger partial charge on any atom is 0.243 e. The number of nitrogens with one attached hydrogen (secondary N) is 1. The summed E-state index contributed by atoms with van der Waals surface area (Å²) in [5.74, 6) is -1.04. The van der Waals surface area contributed by atoms with Crippen molar-refractivity contribution in [2.75, 3.05) is 13.1 Å². The highest BCUT2D eigenvalue weighted by atomic mass is 32.2. The van der Waals surface area contributed by atoms with E-state index in [-0.39, 0.29) is 23.4 Å². The molecule has 2 unspecified atom stereocenters. The number of imidazole rings is 1. The van der Waals surface area contributed by atoms with E-state index in [0.717, 1.165) is 12.1 Å². The number of aromatic nitrogens is 2. The van der Waals surface area contributed by atoms with Gasteiger partial charge >= 0.3 is 0 Å². The van der Waals surface area contributed by atoms with E-state index in [9.17, 15) is 17.6 Å². The fourth-order valence-corrected chi connectivity index (χ4v) is 4.77. The minimum absolute atomic E-state index is 0.0402. The van der Waals surface area contributed by atoms with Gasteiger partial charge < -0.3 is 9.88 Å². The van der Waals surface area contributed by atoms with Gasteiger partial charge in [0, 0.05) is 38.1 Å². The standard InChI is InChI=1S/C18H23FN4O3S/c1-14(11-22-10-8-20-13-22)21-18(24)15-3-2-9-23(12-15)27(25,26)17-6-4-16(19)5-7-17/h4-8,10,13-15H,2-3,9,11-12H2,1H3,(H,21,24). The van der Waals surface area contributed by atoms with Crippen molar-refractivity contribution in [3.05, 3.63) is 48.8 Å². The number of amides is 1. The SMILES string of the molecule is CC(Cn1ccnc1)NC(=O)C1CCCN(S(=O)(=O)c2ccc(F)cc2)C1. The number of piperidine rings is 1. The first-order valence-corrected chi connectivity index (χ1v) is 10.3. The van der Waals surface area contributed by atoms with Crippen molar-refractivity contribution in [2.45, 2.75) is 37.2 Å². The Labute approximate surface area is 158 Å². The van der Waals surface area contributed by atoms with Crippen LogP contribution in [0.3, 0.4) is 0 Å². The third-order valence-corrected chi connectivity index (χ3v) is 6.52. The molecule has 1 N–H and O–H groups in total. The summed E-state index contributed by atoms with van der Waals surface area (Å²) in [5.41, 5.74) is 0. The highest BCUT2D eigenvalue weighted by molar-refractivity contribution is 7.89. The Hall–Kier alpha value is -2.26. The predicted molar refractivity (Wildman–Crippen MR) is 97.7 cm³/mol. The lowest BCUT2D eigenvalue weighted by molar-refractivity contribution is -0.126. The molecule has 7 nitrogen and oxygen atoms in total. The molecule has 2 heterocycles. The van der Waals surface area contributed by atoms with E-state index in [4.69, 9.17) is 0 Å². The molecular weight excluding hydrogens is 371 g/mol. The number of sulfonamides is 1. The zero-order valence-electron chi connectivity index (χ0n) is 15.1. The quantitative estimate of drug-likeness (QED) is 0.807. The lowest BCUT2D eigenvalue weighted by Crippen LogP contribution is -2.47. The van der Waals surface area contributed by atoms with E-state index in [1.165, 1.54) is 16.4 Å². The van der Waals surface area contributed by atoms with Crippen molar-refractivity contribution in [3.63, 3.8) is 0 Å². The number of carbonyl (C=O) groups excluding carboxylic acids is 1. The van der Waals surface area contributed by atoms with Crippen LogP contribution in [0.1, 0.15) is 19.8 Å². The summed E-state index contributed by atoms with van der Waals surface area (Å²) in [6.07, 6.45) is 6.42. The second kappa shape index (κ2) is 8.18.